The second-order valence-corrected chi connectivity index (χ2v) is 6.35. The quantitative estimate of drug-likeness (QED) is 0.942. The Hall–Kier alpha value is -2.45. The van der Waals surface area contributed by atoms with Crippen LogP contribution in [0, 0.1) is 25.2 Å². The van der Waals surface area contributed by atoms with Crippen molar-refractivity contribution in [1.82, 2.24) is 10.3 Å². The maximum Gasteiger partial charge on any atom is 0.225 e. The highest BCUT2D eigenvalue weighted by molar-refractivity contribution is 5.86. The highest BCUT2D eigenvalue weighted by atomic mass is 16.5. The van der Waals surface area contributed by atoms with Crippen LogP contribution >= 0.6 is 0 Å². The van der Waals surface area contributed by atoms with E-state index in [-0.39, 0.29) is 12.3 Å². The molecule has 1 aromatic carbocycles. The van der Waals surface area contributed by atoms with E-state index >= 15 is 0 Å². The zero-order valence-corrected chi connectivity index (χ0v) is 14.1. The zero-order valence-electron chi connectivity index (χ0n) is 14.1. The topological polar surface area (TPSA) is 75.0 Å². The van der Waals surface area contributed by atoms with E-state index in [4.69, 9.17) is 4.74 Å². The molecular weight excluding hydrogens is 302 g/mol. The molecule has 1 aliphatic heterocycles. The Bertz CT molecular complexity index is 817. The first-order chi connectivity index (χ1) is 11.5. The number of amides is 1. The van der Waals surface area contributed by atoms with Gasteiger partial charge in [0.2, 0.25) is 5.91 Å². The number of aryl methyl sites for hydroxylation is 2. The number of ether oxygens (including phenoxy) is 1. The van der Waals surface area contributed by atoms with Gasteiger partial charge in [-0.15, -0.1) is 0 Å². The van der Waals surface area contributed by atoms with Gasteiger partial charge in [0, 0.05) is 37.1 Å². The standard InChI is InChI=1S/C19H21N3O2/c1-13-15-5-3-4-6-17(15)21-14(2)16(13)11-18(23)22-19(12-20)7-9-24-10-8-19/h3-6H,7-11H2,1-2H3,(H,22,23). The summed E-state index contributed by atoms with van der Waals surface area (Å²) in [6.07, 6.45) is 1.30. The number of para-hydroxylation sites is 1. The maximum atomic E-state index is 12.6. The van der Waals surface area contributed by atoms with Crippen LogP contribution in [0.3, 0.4) is 0 Å². The average Bonchev–Trinajstić information content (AvgIpc) is 2.59. The Morgan fingerprint density at radius 3 is 2.75 bits per heavy atom. The van der Waals surface area contributed by atoms with E-state index in [1.54, 1.807) is 0 Å². The van der Waals surface area contributed by atoms with Crippen molar-refractivity contribution < 1.29 is 9.53 Å². The predicted octanol–water partition coefficient (Wildman–Crippen LogP) is 2.58. The molecule has 1 aliphatic rings. The summed E-state index contributed by atoms with van der Waals surface area (Å²) in [7, 11) is 0. The van der Waals surface area contributed by atoms with Crippen molar-refractivity contribution in [2.45, 2.75) is 38.6 Å². The normalized spacial score (nSPS) is 16.5. The van der Waals surface area contributed by atoms with Crippen LogP contribution in [0.4, 0.5) is 0 Å². The number of benzene rings is 1. The molecule has 5 heteroatoms. The van der Waals surface area contributed by atoms with Gasteiger partial charge in [0.15, 0.2) is 0 Å². The van der Waals surface area contributed by atoms with E-state index in [0.717, 1.165) is 27.7 Å². The lowest BCUT2D eigenvalue weighted by molar-refractivity contribution is -0.122. The molecule has 24 heavy (non-hydrogen) atoms. The summed E-state index contributed by atoms with van der Waals surface area (Å²) in [6.45, 7) is 4.96. The number of nitrogens with one attached hydrogen (secondary N) is 1. The first kappa shape index (κ1) is 16.4. The number of nitriles is 1. The van der Waals surface area contributed by atoms with Gasteiger partial charge in [0.1, 0.15) is 5.54 Å². The minimum atomic E-state index is -0.804. The van der Waals surface area contributed by atoms with Crippen molar-refractivity contribution in [3.05, 3.63) is 41.1 Å². The molecule has 0 aliphatic carbocycles. The van der Waals surface area contributed by atoms with Crippen molar-refractivity contribution in [2.24, 2.45) is 0 Å². The number of pyridine rings is 1. The van der Waals surface area contributed by atoms with Crippen LogP contribution < -0.4 is 5.32 Å². The Morgan fingerprint density at radius 1 is 1.33 bits per heavy atom. The summed E-state index contributed by atoms with van der Waals surface area (Å²) >= 11 is 0. The van der Waals surface area contributed by atoms with Crippen LogP contribution in [0.1, 0.15) is 29.7 Å². The third-order valence-electron chi connectivity index (χ3n) is 4.76. The summed E-state index contributed by atoms with van der Waals surface area (Å²) in [5.74, 6) is -0.137. The molecule has 2 heterocycles. The monoisotopic (exact) mass is 323 g/mol. The molecule has 3 rings (SSSR count). The van der Waals surface area contributed by atoms with E-state index in [9.17, 15) is 10.1 Å². The largest absolute Gasteiger partial charge is 0.381 e. The van der Waals surface area contributed by atoms with Crippen LogP contribution in [0.2, 0.25) is 0 Å². The molecule has 0 unspecified atom stereocenters. The summed E-state index contributed by atoms with van der Waals surface area (Å²) in [5.41, 5.74) is 3.01. The lowest BCUT2D eigenvalue weighted by atomic mass is 9.91. The molecule has 0 bridgehead atoms. The Labute approximate surface area is 141 Å². The molecular formula is C19H21N3O2. The molecule has 2 aromatic rings. The molecule has 0 saturated carbocycles. The molecule has 1 amide bonds. The van der Waals surface area contributed by atoms with E-state index in [2.05, 4.69) is 16.4 Å². The van der Waals surface area contributed by atoms with Crippen molar-refractivity contribution in [2.75, 3.05) is 13.2 Å². The number of hydrogen-bond donors (Lipinski definition) is 1. The lowest BCUT2D eigenvalue weighted by Crippen LogP contribution is -2.51. The molecule has 1 fully saturated rings. The molecule has 0 radical (unpaired) electrons. The second kappa shape index (κ2) is 6.58. The van der Waals surface area contributed by atoms with E-state index < -0.39 is 5.54 Å². The smallest absolute Gasteiger partial charge is 0.225 e. The van der Waals surface area contributed by atoms with E-state index in [0.29, 0.717) is 26.1 Å². The molecule has 124 valence electrons. The lowest BCUT2D eigenvalue weighted by Gasteiger charge is -2.31. The van der Waals surface area contributed by atoms with Crippen molar-refractivity contribution in [1.29, 1.82) is 5.26 Å². The average molecular weight is 323 g/mol. The molecule has 1 aromatic heterocycles. The number of nitrogens with zero attached hydrogens (tertiary/aromatic N) is 2. The fraction of sp³-hybridized carbons (Fsp3) is 0.421. The van der Waals surface area contributed by atoms with Gasteiger partial charge in [-0.05, 0) is 31.0 Å². The van der Waals surface area contributed by atoms with Crippen LogP contribution in [0.25, 0.3) is 10.9 Å². The van der Waals surface area contributed by atoms with Crippen LogP contribution in [0.15, 0.2) is 24.3 Å². The number of rotatable bonds is 3. The minimum Gasteiger partial charge on any atom is -0.381 e. The number of fused-ring (bicyclic) bond motifs is 1. The number of carbonyl (C=O) groups excluding carboxylic acids is 1. The van der Waals surface area contributed by atoms with Gasteiger partial charge in [-0.3, -0.25) is 9.78 Å². The number of aromatic nitrogens is 1. The van der Waals surface area contributed by atoms with Gasteiger partial charge in [0.05, 0.1) is 18.0 Å². The maximum absolute atomic E-state index is 12.6. The highest BCUT2D eigenvalue weighted by Crippen LogP contribution is 2.24. The van der Waals surface area contributed by atoms with Gasteiger partial charge in [0.25, 0.3) is 0 Å². The predicted molar refractivity (Wildman–Crippen MR) is 91.5 cm³/mol. The molecule has 5 nitrogen and oxygen atoms in total. The number of carbonyl (C=O) groups is 1. The van der Waals surface area contributed by atoms with Crippen LogP contribution in [-0.2, 0) is 16.0 Å². The van der Waals surface area contributed by atoms with Gasteiger partial charge < -0.3 is 10.1 Å². The van der Waals surface area contributed by atoms with E-state index in [1.165, 1.54) is 0 Å². The van der Waals surface area contributed by atoms with Gasteiger partial charge in [-0.2, -0.15) is 5.26 Å². The molecule has 1 saturated heterocycles. The van der Waals surface area contributed by atoms with Gasteiger partial charge in [-0.1, -0.05) is 18.2 Å². The van der Waals surface area contributed by atoms with Crippen molar-refractivity contribution in [3.8, 4) is 6.07 Å². The Balaban J connectivity index is 1.84. The molecule has 0 atom stereocenters. The van der Waals surface area contributed by atoms with Crippen LogP contribution in [-0.4, -0.2) is 29.6 Å². The van der Waals surface area contributed by atoms with Crippen LogP contribution in [0.5, 0.6) is 0 Å². The third kappa shape index (κ3) is 3.10. The second-order valence-electron chi connectivity index (χ2n) is 6.35. The number of hydrogen-bond acceptors (Lipinski definition) is 4. The highest BCUT2D eigenvalue weighted by Gasteiger charge is 2.34. The Morgan fingerprint density at radius 2 is 2.04 bits per heavy atom. The van der Waals surface area contributed by atoms with Gasteiger partial charge >= 0.3 is 0 Å². The first-order valence-electron chi connectivity index (χ1n) is 8.19. The SMILES string of the molecule is Cc1nc2ccccc2c(C)c1CC(=O)NC1(C#N)CCOCC1. The third-order valence-corrected chi connectivity index (χ3v) is 4.76. The fourth-order valence-electron chi connectivity index (χ4n) is 3.29. The summed E-state index contributed by atoms with van der Waals surface area (Å²) in [6, 6.07) is 10.2. The summed E-state index contributed by atoms with van der Waals surface area (Å²) < 4.78 is 5.30. The molecule has 0 spiro atoms. The Kier molecular flexibility index (Phi) is 4.50. The van der Waals surface area contributed by atoms with Crippen molar-refractivity contribution in [3.63, 3.8) is 0 Å². The summed E-state index contributed by atoms with van der Waals surface area (Å²) in [4.78, 5) is 17.2. The minimum absolute atomic E-state index is 0.137. The zero-order chi connectivity index (χ0) is 17.2. The first-order valence-corrected chi connectivity index (χ1v) is 8.19. The fourth-order valence-corrected chi connectivity index (χ4v) is 3.29. The van der Waals surface area contributed by atoms with E-state index in [1.807, 2.05) is 38.1 Å². The summed E-state index contributed by atoms with van der Waals surface area (Å²) in [5, 5.41) is 13.5. The molecule has 1 N–H and O–H groups in total. The van der Waals surface area contributed by atoms with Gasteiger partial charge in [-0.25, -0.2) is 0 Å². The van der Waals surface area contributed by atoms with Crippen molar-refractivity contribution >= 4 is 16.8 Å².